The number of aromatic nitrogens is 2. The van der Waals surface area contributed by atoms with E-state index in [1.54, 1.807) is 0 Å². The molecule has 1 aromatic carbocycles. The second kappa shape index (κ2) is 8.12. The highest BCUT2D eigenvalue weighted by molar-refractivity contribution is 7.80. The first-order valence-corrected chi connectivity index (χ1v) is 9.91. The number of nitrogens with one attached hydrogen (secondary N) is 1. The molecule has 144 valence electrons. The normalized spacial score (nSPS) is 19.2. The summed E-state index contributed by atoms with van der Waals surface area (Å²) in [7, 11) is 4.18. The zero-order valence-corrected chi connectivity index (χ0v) is 17.0. The summed E-state index contributed by atoms with van der Waals surface area (Å²) in [6.45, 7) is 1.78. The van der Waals surface area contributed by atoms with E-state index in [-0.39, 0.29) is 12.1 Å². The quantitative estimate of drug-likeness (QED) is 0.652. The maximum Gasteiger partial charge on any atom is 0.170 e. The molecule has 1 saturated heterocycles. The summed E-state index contributed by atoms with van der Waals surface area (Å²) in [6, 6.07) is 20.8. The van der Waals surface area contributed by atoms with Crippen LogP contribution in [0.1, 0.15) is 23.5 Å². The van der Waals surface area contributed by atoms with Crippen LogP contribution < -0.4 is 5.32 Å². The van der Waals surface area contributed by atoms with Gasteiger partial charge in [-0.1, -0.05) is 24.3 Å². The van der Waals surface area contributed by atoms with E-state index in [0.717, 1.165) is 29.6 Å². The van der Waals surface area contributed by atoms with E-state index in [1.165, 1.54) is 5.69 Å². The lowest BCUT2D eigenvalue weighted by molar-refractivity contribution is 0.272. The number of pyridine rings is 1. The maximum atomic E-state index is 5.74. The molecular formula is C22H25N5S. The fraction of sp³-hybridized carbons (Fsp3) is 0.273. The van der Waals surface area contributed by atoms with Crippen molar-refractivity contribution in [1.82, 2.24) is 24.7 Å². The molecule has 3 heterocycles. The van der Waals surface area contributed by atoms with Crippen LogP contribution in [0, 0.1) is 0 Å². The predicted molar refractivity (Wildman–Crippen MR) is 116 cm³/mol. The summed E-state index contributed by atoms with van der Waals surface area (Å²) in [5.74, 6) is 0. The van der Waals surface area contributed by atoms with E-state index in [9.17, 15) is 0 Å². The first kappa shape index (κ1) is 18.7. The Labute approximate surface area is 171 Å². The van der Waals surface area contributed by atoms with Crippen LogP contribution in [0.3, 0.4) is 0 Å². The second-order valence-corrected chi connectivity index (χ2v) is 7.65. The van der Waals surface area contributed by atoms with Crippen molar-refractivity contribution in [2.24, 2.45) is 0 Å². The van der Waals surface area contributed by atoms with Crippen molar-refractivity contribution in [2.75, 3.05) is 27.2 Å². The lowest BCUT2D eigenvalue weighted by atomic mass is 10.0. The van der Waals surface area contributed by atoms with Gasteiger partial charge in [0.1, 0.15) is 0 Å². The number of likely N-dealkylation sites (N-methyl/N-ethyl adjacent to an activating group) is 1. The molecule has 1 aliphatic rings. The zero-order valence-electron chi connectivity index (χ0n) is 16.2. The smallest absolute Gasteiger partial charge is 0.170 e. The van der Waals surface area contributed by atoms with Crippen LogP contribution in [0.5, 0.6) is 0 Å². The third kappa shape index (κ3) is 3.66. The van der Waals surface area contributed by atoms with Crippen molar-refractivity contribution in [3.05, 3.63) is 84.4 Å². The SMILES string of the molecule is CN(C)CCN1C(=S)N[C@@H](c2ccccn2)[C@@H]1c1cccn1-c1ccccc1. The number of nitrogens with zero attached hydrogens (tertiary/aromatic N) is 4. The number of thiocarbonyl (C=S) groups is 1. The Kier molecular flexibility index (Phi) is 5.41. The van der Waals surface area contributed by atoms with Gasteiger partial charge in [-0.05, 0) is 62.7 Å². The molecular weight excluding hydrogens is 366 g/mol. The molecule has 2 aromatic heterocycles. The van der Waals surface area contributed by atoms with E-state index >= 15 is 0 Å². The van der Waals surface area contributed by atoms with Crippen LogP contribution >= 0.6 is 12.2 Å². The van der Waals surface area contributed by atoms with Gasteiger partial charge in [-0.3, -0.25) is 4.98 Å². The van der Waals surface area contributed by atoms with Crippen molar-refractivity contribution in [1.29, 1.82) is 0 Å². The topological polar surface area (TPSA) is 36.3 Å². The van der Waals surface area contributed by atoms with Crippen LogP contribution in [-0.4, -0.2) is 51.6 Å². The Balaban J connectivity index is 1.77. The van der Waals surface area contributed by atoms with Gasteiger partial charge in [0.2, 0.25) is 0 Å². The Morgan fingerprint density at radius 3 is 2.54 bits per heavy atom. The molecule has 1 N–H and O–H groups in total. The van der Waals surface area contributed by atoms with Crippen molar-refractivity contribution < 1.29 is 0 Å². The average molecular weight is 392 g/mol. The number of hydrogen-bond acceptors (Lipinski definition) is 3. The Morgan fingerprint density at radius 1 is 1.04 bits per heavy atom. The number of rotatable bonds is 6. The summed E-state index contributed by atoms with van der Waals surface area (Å²) in [5.41, 5.74) is 3.35. The minimum atomic E-state index is 0.00762. The molecule has 4 rings (SSSR count). The van der Waals surface area contributed by atoms with Crippen LogP contribution in [0.2, 0.25) is 0 Å². The molecule has 0 saturated carbocycles. The minimum absolute atomic E-state index is 0.00762. The van der Waals surface area contributed by atoms with Crippen molar-refractivity contribution in [3.8, 4) is 5.69 Å². The molecule has 5 nitrogen and oxygen atoms in total. The van der Waals surface area contributed by atoms with E-state index in [1.807, 2.05) is 24.4 Å². The van der Waals surface area contributed by atoms with Gasteiger partial charge in [-0.15, -0.1) is 0 Å². The van der Waals surface area contributed by atoms with Crippen LogP contribution in [0.4, 0.5) is 0 Å². The lowest BCUT2D eigenvalue weighted by Crippen LogP contribution is -2.36. The Hall–Kier alpha value is -2.70. The van der Waals surface area contributed by atoms with Crippen molar-refractivity contribution in [3.63, 3.8) is 0 Å². The predicted octanol–water partition coefficient (Wildman–Crippen LogP) is 3.41. The van der Waals surface area contributed by atoms with Crippen LogP contribution in [-0.2, 0) is 0 Å². The highest BCUT2D eigenvalue weighted by atomic mass is 32.1. The Morgan fingerprint density at radius 2 is 1.82 bits per heavy atom. The lowest BCUT2D eigenvalue weighted by Gasteiger charge is -2.29. The third-order valence-corrected chi connectivity index (χ3v) is 5.46. The first-order chi connectivity index (χ1) is 13.6. The number of hydrogen-bond donors (Lipinski definition) is 1. The molecule has 0 radical (unpaired) electrons. The van der Waals surface area contributed by atoms with Gasteiger partial charge in [0.05, 0.1) is 17.8 Å². The highest BCUT2D eigenvalue weighted by Crippen LogP contribution is 2.39. The van der Waals surface area contributed by atoms with Gasteiger partial charge >= 0.3 is 0 Å². The van der Waals surface area contributed by atoms with Gasteiger partial charge in [0.15, 0.2) is 5.11 Å². The average Bonchev–Trinajstić information content (AvgIpc) is 3.32. The molecule has 1 aliphatic heterocycles. The summed E-state index contributed by atoms with van der Waals surface area (Å²) < 4.78 is 2.25. The van der Waals surface area contributed by atoms with E-state index in [4.69, 9.17) is 12.2 Å². The van der Waals surface area contributed by atoms with Crippen molar-refractivity contribution in [2.45, 2.75) is 12.1 Å². The molecule has 2 atom stereocenters. The van der Waals surface area contributed by atoms with Gasteiger partial charge in [-0.25, -0.2) is 0 Å². The standard InChI is InChI=1S/C22H25N5S/c1-25(2)15-16-27-21(20(24-22(27)28)18-11-6-7-13-23-18)19-12-8-14-26(19)17-9-4-3-5-10-17/h3-14,20-21H,15-16H2,1-2H3,(H,24,28)/t20-,21-/m0/s1. The largest absolute Gasteiger partial charge is 0.352 e. The third-order valence-electron chi connectivity index (χ3n) is 5.10. The summed E-state index contributed by atoms with van der Waals surface area (Å²) in [6.07, 6.45) is 3.96. The molecule has 6 heteroatoms. The first-order valence-electron chi connectivity index (χ1n) is 9.50. The summed E-state index contributed by atoms with van der Waals surface area (Å²) in [5, 5.41) is 4.30. The van der Waals surface area contributed by atoms with Crippen LogP contribution in [0.15, 0.2) is 73.1 Å². The molecule has 0 bridgehead atoms. The van der Waals surface area contributed by atoms with E-state index in [0.29, 0.717) is 0 Å². The molecule has 3 aromatic rings. The molecule has 28 heavy (non-hydrogen) atoms. The molecule has 0 amide bonds. The summed E-state index contributed by atoms with van der Waals surface area (Å²) >= 11 is 5.74. The molecule has 0 spiro atoms. The van der Waals surface area contributed by atoms with Gasteiger partial charge in [0, 0.05) is 36.9 Å². The minimum Gasteiger partial charge on any atom is -0.352 e. The molecule has 0 aliphatic carbocycles. The van der Waals surface area contributed by atoms with Crippen LogP contribution in [0.25, 0.3) is 5.69 Å². The highest BCUT2D eigenvalue weighted by Gasteiger charge is 2.41. The zero-order chi connectivity index (χ0) is 19.5. The van der Waals surface area contributed by atoms with E-state index in [2.05, 4.69) is 87.4 Å². The monoisotopic (exact) mass is 391 g/mol. The summed E-state index contributed by atoms with van der Waals surface area (Å²) in [4.78, 5) is 9.10. The van der Waals surface area contributed by atoms with E-state index < -0.39 is 0 Å². The van der Waals surface area contributed by atoms with Gasteiger partial charge < -0.3 is 19.7 Å². The number of benzene rings is 1. The Bertz CT molecular complexity index is 922. The molecule has 0 unspecified atom stereocenters. The maximum absolute atomic E-state index is 5.74. The fourth-order valence-corrected chi connectivity index (χ4v) is 4.07. The van der Waals surface area contributed by atoms with Gasteiger partial charge in [-0.2, -0.15) is 0 Å². The number of para-hydroxylation sites is 1. The molecule has 1 fully saturated rings. The fourth-order valence-electron chi connectivity index (χ4n) is 3.73. The van der Waals surface area contributed by atoms with Crippen molar-refractivity contribution >= 4 is 17.3 Å². The van der Waals surface area contributed by atoms with Gasteiger partial charge in [0.25, 0.3) is 0 Å². The second-order valence-electron chi connectivity index (χ2n) is 7.26.